The van der Waals surface area contributed by atoms with Gasteiger partial charge in [-0.05, 0) is 32.4 Å². The van der Waals surface area contributed by atoms with Crippen molar-refractivity contribution >= 4 is 5.91 Å². The monoisotopic (exact) mass is 295 g/mol. The first-order valence-electron chi connectivity index (χ1n) is 8.13. The molecule has 0 radical (unpaired) electrons. The molecule has 2 saturated heterocycles. The van der Waals surface area contributed by atoms with Gasteiger partial charge in [0.1, 0.15) is 5.54 Å². The number of nitrogens with zero attached hydrogens (tertiary/aromatic N) is 2. The summed E-state index contributed by atoms with van der Waals surface area (Å²) in [5.41, 5.74) is 5.60. The van der Waals surface area contributed by atoms with Crippen LogP contribution in [0.1, 0.15) is 26.7 Å². The molecule has 3 fully saturated rings. The molecular weight excluding hydrogens is 266 g/mol. The third-order valence-electron chi connectivity index (χ3n) is 6.18. The van der Waals surface area contributed by atoms with Crippen molar-refractivity contribution in [3.05, 3.63) is 0 Å². The number of amides is 1. The van der Waals surface area contributed by atoms with Crippen molar-refractivity contribution in [3.63, 3.8) is 0 Å². The maximum absolute atomic E-state index is 13.0. The zero-order valence-electron chi connectivity index (χ0n) is 13.8. The van der Waals surface area contributed by atoms with Gasteiger partial charge in [0.15, 0.2) is 0 Å². The lowest BCUT2D eigenvalue weighted by Gasteiger charge is -2.61. The first kappa shape index (κ1) is 15.3. The summed E-state index contributed by atoms with van der Waals surface area (Å²) in [4.78, 5) is 17.2. The molecule has 2 heterocycles. The van der Waals surface area contributed by atoms with Gasteiger partial charge in [-0.25, -0.2) is 0 Å². The molecular formula is C16H29N3O2. The Bertz CT molecular complexity index is 439. The Morgan fingerprint density at radius 2 is 2.14 bits per heavy atom. The fraction of sp³-hybridized carbons (Fsp3) is 0.938. The molecule has 0 aromatic heterocycles. The molecule has 0 aromatic rings. The minimum Gasteiger partial charge on any atom is -0.377 e. The van der Waals surface area contributed by atoms with Gasteiger partial charge in [-0.1, -0.05) is 13.8 Å². The summed E-state index contributed by atoms with van der Waals surface area (Å²) in [7, 11) is 4.05. The van der Waals surface area contributed by atoms with E-state index >= 15 is 0 Å². The van der Waals surface area contributed by atoms with Gasteiger partial charge in [0.05, 0.1) is 6.10 Å². The van der Waals surface area contributed by atoms with Crippen molar-refractivity contribution in [1.82, 2.24) is 9.80 Å². The van der Waals surface area contributed by atoms with Gasteiger partial charge in [0.25, 0.3) is 0 Å². The van der Waals surface area contributed by atoms with E-state index in [1.165, 1.54) is 6.42 Å². The van der Waals surface area contributed by atoms with Crippen LogP contribution in [-0.2, 0) is 9.53 Å². The van der Waals surface area contributed by atoms with Crippen LogP contribution in [0.2, 0.25) is 0 Å². The Labute approximate surface area is 127 Å². The van der Waals surface area contributed by atoms with Crippen molar-refractivity contribution in [3.8, 4) is 0 Å². The van der Waals surface area contributed by atoms with Crippen LogP contribution in [0.4, 0.5) is 0 Å². The number of hydrogen-bond donors (Lipinski definition) is 1. The van der Waals surface area contributed by atoms with Gasteiger partial charge in [-0.3, -0.25) is 4.79 Å². The van der Waals surface area contributed by atoms with E-state index < -0.39 is 5.54 Å². The number of likely N-dealkylation sites (N-methyl/N-ethyl adjacent to an activating group) is 1. The zero-order chi connectivity index (χ0) is 15.4. The Morgan fingerprint density at radius 1 is 1.43 bits per heavy atom. The maximum Gasteiger partial charge on any atom is 0.243 e. The lowest BCUT2D eigenvalue weighted by molar-refractivity contribution is -0.183. The SMILES string of the molecule is CN1CCC(CN(C)C(=O)C2(N)C3CCOC3C2(C)C)C1. The van der Waals surface area contributed by atoms with E-state index in [9.17, 15) is 4.79 Å². The lowest BCUT2D eigenvalue weighted by Crippen LogP contribution is -2.80. The van der Waals surface area contributed by atoms with Crippen LogP contribution in [0.15, 0.2) is 0 Å². The number of carbonyl (C=O) groups is 1. The molecule has 2 N–H and O–H groups in total. The van der Waals surface area contributed by atoms with Crippen LogP contribution in [0.3, 0.4) is 0 Å². The summed E-state index contributed by atoms with van der Waals surface area (Å²) < 4.78 is 5.78. The molecule has 120 valence electrons. The summed E-state index contributed by atoms with van der Waals surface area (Å²) in [6, 6.07) is 0. The van der Waals surface area contributed by atoms with Crippen LogP contribution >= 0.6 is 0 Å². The predicted octanol–water partition coefficient (Wildman–Crippen LogP) is 0.539. The van der Waals surface area contributed by atoms with Gasteiger partial charge in [0.2, 0.25) is 5.91 Å². The highest BCUT2D eigenvalue weighted by Gasteiger charge is 2.71. The highest BCUT2D eigenvalue weighted by atomic mass is 16.5. The first-order valence-corrected chi connectivity index (χ1v) is 8.13. The van der Waals surface area contributed by atoms with Crippen molar-refractivity contribution < 1.29 is 9.53 Å². The van der Waals surface area contributed by atoms with Gasteiger partial charge < -0.3 is 20.3 Å². The molecule has 0 bridgehead atoms. The third-order valence-corrected chi connectivity index (χ3v) is 6.18. The fourth-order valence-electron chi connectivity index (χ4n) is 4.78. The standard InChI is InChI=1S/C16H29N3O2/c1-15(2)13-12(6-8-21-13)16(15,17)14(20)19(4)10-11-5-7-18(3)9-11/h11-13H,5-10,17H2,1-4H3. The molecule has 1 amide bonds. The summed E-state index contributed by atoms with van der Waals surface area (Å²) in [5, 5.41) is 0. The van der Waals surface area contributed by atoms with Crippen LogP contribution in [0.5, 0.6) is 0 Å². The average Bonchev–Trinajstić information content (AvgIpc) is 3.05. The van der Waals surface area contributed by atoms with E-state index in [1.807, 2.05) is 11.9 Å². The van der Waals surface area contributed by atoms with Crippen LogP contribution in [0, 0.1) is 17.3 Å². The molecule has 1 aliphatic carbocycles. The van der Waals surface area contributed by atoms with Crippen LogP contribution in [0.25, 0.3) is 0 Å². The number of nitrogens with two attached hydrogens (primary N) is 1. The summed E-state index contributed by atoms with van der Waals surface area (Å²) in [6.07, 6.45) is 2.23. The molecule has 0 spiro atoms. The van der Waals surface area contributed by atoms with Crippen molar-refractivity contribution in [2.45, 2.75) is 38.3 Å². The molecule has 5 heteroatoms. The Morgan fingerprint density at radius 3 is 2.76 bits per heavy atom. The smallest absolute Gasteiger partial charge is 0.243 e. The molecule has 3 aliphatic rings. The van der Waals surface area contributed by atoms with E-state index in [4.69, 9.17) is 10.5 Å². The molecule has 0 aromatic carbocycles. The topological polar surface area (TPSA) is 58.8 Å². The van der Waals surface area contributed by atoms with Gasteiger partial charge in [-0.15, -0.1) is 0 Å². The number of rotatable bonds is 3. The van der Waals surface area contributed by atoms with E-state index in [2.05, 4.69) is 25.8 Å². The highest BCUT2D eigenvalue weighted by molar-refractivity contribution is 5.89. The molecule has 21 heavy (non-hydrogen) atoms. The van der Waals surface area contributed by atoms with Crippen molar-refractivity contribution in [1.29, 1.82) is 0 Å². The summed E-state index contributed by atoms with van der Waals surface area (Å²) >= 11 is 0. The maximum atomic E-state index is 13.0. The molecule has 4 atom stereocenters. The Balaban J connectivity index is 1.69. The number of fused-ring (bicyclic) bond motifs is 1. The fourth-order valence-corrected chi connectivity index (χ4v) is 4.78. The molecule has 5 nitrogen and oxygen atoms in total. The largest absolute Gasteiger partial charge is 0.377 e. The number of hydrogen-bond acceptors (Lipinski definition) is 4. The van der Waals surface area contributed by atoms with Crippen LogP contribution < -0.4 is 5.73 Å². The normalized spacial score (nSPS) is 41.7. The van der Waals surface area contributed by atoms with Gasteiger partial charge in [-0.2, -0.15) is 0 Å². The molecule has 1 saturated carbocycles. The molecule has 4 unspecified atom stereocenters. The Hall–Kier alpha value is -0.650. The Kier molecular flexibility index (Phi) is 3.58. The number of carbonyl (C=O) groups excluding carboxylic acids is 1. The van der Waals surface area contributed by atoms with Gasteiger partial charge >= 0.3 is 0 Å². The van der Waals surface area contributed by atoms with Crippen molar-refractivity contribution in [2.75, 3.05) is 40.3 Å². The number of ether oxygens (including phenoxy) is 1. The second kappa shape index (κ2) is 4.93. The van der Waals surface area contributed by atoms with Crippen LogP contribution in [-0.4, -0.2) is 67.7 Å². The second-order valence-corrected chi connectivity index (χ2v) is 7.88. The molecule has 3 rings (SSSR count). The third kappa shape index (κ3) is 2.05. The average molecular weight is 295 g/mol. The second-order valence-electron chi connectivity index (χ2n) is 7.88. The van der Waals surface area contributed by atoms with Crippen molar-refractivity contribution in [2.24, 2.45) is 23.0 Å². The first-order chi connectivity index (χ1) is 9.78. The predicted molar refractivity (Wildman–Crippen MR) is 81.8 cm³/mol. The lowest BCUT2D eigenvalue weighted by atomic mass is 9.47. The van der Waals surface area contributed by atoms with Gasteiger partial charge in [0, 0.05) is 38.1 Å². The minimum absolute atomic E-state index is 0.105. The molecule has 2 aliphatic heterocycles. The summed E-state index contributed by atoms with van der Waals surface area (Å²) in [5.74, 6) is 0.869. The van der Waals surface area contributed by atoms with E-state index in [0.29, 0.717) is 5.92 Å². The summed E-state index contributed by atoms with van der Waals surface area (Å²) in [6.45, 7) is 7.92. The zero-order valence-corrected chi connectivity index (χ0v) is 13.8. The van der Waals surface area contributed by atoms with E-state index in [-0.39, 0.29) is 23.3 Å². The highest BCUT2D eigenvalue weighted by Crippen LogP contribution is 2.58. The van der Waals surface area contributed by atoms with E-state index in [0.717, 1.165) is 32.7 Å². The van der Waals surface area contributed by atoms with E-state index in [1.54, 1.807) is 0 Å². The minimum atomic E-state index is -0.757. The number of likely N-dealkylation sites (tertiary alicyclic amines) is 1. The quantitative estimate of drug-likeness (QED) is 0.825.